The summed E-state index contributed by atoms with van der Waals surface area (Å²) in [5.74, 6) is 1.46. The van der Waals surface area contributed by atoms with Gasteiger partial charge < -0.3 is 19.7 Å². The van der Waals surface area contributed by atoms with Crippen LogP contribution in [0.1, 0.15) is 12.0 Å². The van der Waals surface area contributed by atoms with Crippen LogP contribution in [0.2, 0.25) is 0 Å². The molecule has 0 aliphatic carbocycles. The quantitative estimate of drug-likeness (QED) is 0.752. The number of hydrogen-bond donors (Lipinski definition) is 2. The molecule has 0 amide bonds. The molecule has 0 bridgehead atoms. The standard InChI is InChI=1S/C13H20O4/c1-16-12-4-3-10(8-13(12)17-2)7-11(9-15)5-6-14/h3-4,8,11,14-15H,5-7,9H2,1-2H3. The lowest BCUT2D eigenvalue weighted by Gasteiger charge is -2.14. The van der Waals surface area contributed by atoms with Crippen molar-refractivity contribution in [3.8, 4) is 11.5 Å². The number of benzene rings is 1. The van der Waals surface area contributed by atoms with Gasteiger partial charge in [0.05, 0.1) is 14.2 Å². The van der Waals surface area contributed by atoms with E-state index in [0.717, 1.165) is 12.0 Å². The van der Waals surface area contributed by atoms with E-state index < -0.39 is 0 Å². The van der Waals surface area contributed by atoms with Crippen LogP contribution in [0.3, 0.4) is 0 Å². The summed E-state index contributed by atoms with van der Waals surface area (Å²) in [6.07, 6.45) is 1.32. The van der Waals surface area contributed by atoms with Gasteiger partial charge in [0.1, 0.15) is 0 Å². The Bertz CT molecular complexity index is 338. The van der Waals surface area contributed by atoms with Crippen molar-refractivity contribution >= 4 is 0 Å². The Kier molecular flexibility index (Phi) is 5.80. The van der Waals surface area contributed by atoms with Crippen molar-refractivity contribution in [3.63, 3.8) is 0 Å². The van der Waals surface area contributed by atoms with Gasteiger partial charge in [-0.2, -0.15) is 0 Å². The molecule has 4 nitrogen and oxygen atoms in total. The van der Waals surface area contributed by atoms with Crippen molar-refractivity contribution in [1.82, 2.24) is 0 Å². The van der Waals surface area contributed by atoms with Gasteiger partial charge in [0.15, 0.2) is 11.5 Å². The first kappa shape index (κ1) is 13.8. The monoisotopic (exact) mass is 240 g/mol. The molecule has 0 radical (unpaired) electrons. The van der Waals surface area contributed by atoms with E-state index in [-0.39, 0.29) is 19.1 Å². The van der Waals surface area contributed by atoms with Crippen LogP contribution in [0.4, 0.5) is 0 Å². The highest BCUT2D eigenvalue weighted by Gasteiger charge is 2.10. The van der Waals surface area contributed by atoms with E-state index in [1.54, 1.807) is 14.2 Å². The smallest absolute Gasteiger partial charge is 0.160 e. The van der Waals surface area contributed by atoms with Gasteiger partial charge in [-0.1, -0.05) is 6.07 Å². The molecule has 0 aromatic heterocycles. The summed E-state index contributed by atoms with van der Waals surface area (Å²) in [5.41, 5.74) is 1.06. The minimum absolute atomic E-state index is 0.0783. The van der Waals surface area contributed by atoms with Crippen molar-refractivity contribution in [2.45, 2.75) is 12.8 Å². The summed E-state index contributed by atoms with van der Waals surface area (Å²) in [6.45, 7) is 0.174. The molecule has 2 N–H and O–H groups in total. The second-order valence-electron chi connectivity index (χ2n) is 3.95. The molecular weight excluding hydrogens is 220 g/mol. The maximum absolute atomic E-state index is 9.18. The van der Waals surface area contributed by atoms with Gasteiger partial charge >= 0.3 is 0 Å². The molecule has 1 unspecified atom stereocenters. The van der Waals surface area contributed by atoms with E-state index in [9.17, 15) is 5.11 Å². The zero-order valence-corrected chi connectivity index (χ0v) is 10.3. The third kappa shape index (κ3) is 3.91. The van der Waals surface area contributed by atoms with E-state index in [4.69, 9.17) is 14.6 Å². The summed E-state index contributed by atoms with van der Waals surface area (Å²) < 4.78 is 10.4. The SMILES string of the molecule is COc1ccc(CC(CO)CCO)cc1OC. The number of aliphatic hydroxyl groups excluding tert-OH is 2. The topological polar surface area (TPSA) is 58.9 Å². The predicted octanol–water partition coefficient (Wildman–Crippen LogP) is 1.24. The van der Waals surface area contributed by atoms with Crippen LogP contribution in [0.5, 0.6) is 11.5 Å². The first-order valence-corrected chi connectivity index (χ1v) is 5.67. The van der Waals surface area contributed by atoms with Crippen LogP contribution >= 0.6 is 0 Å². The third-order valence-electron chi connectivity index (χ3n) is 2.77. The zero-order valence-electron chi connectivity index (χ0n) is 10.3. The minimum Gasteiger partial charge on any atom is -0.493 e. The molecule has 1 atom stereocenters. The first-order chi connectivity index (χ1) is 8.24. The van der Waals surface area contributed by atoms with Crippen molar-refractivity contribution in [1.29, 1.82) is 0 Å². The highest BCUT2D eigenvalue weighted by Crippen LogP contribution is 2.28. The van der Waals surface area contributed by atoms with Crippen LogP contribution in [-0.2, 0) is 6.42 Å². The Hall–Kier alpha value is -1.26. The van der Waals surface area contributed by atoms with Gasteiger partial charge in [0.2, 0.25) is 0 Å². The fourth-order valence-electron chi connectivity index (χ4n) is 1.78. The van der Waals surface area contributed by atoms with Crippen molar-refractivity contribution in [2.75, 3.05) is 27.4 Å². The molecule has 1 rings (SSSR count). The molecule has 0 fully saturated rings. The van der Waals surface area contributed by atoms with Crippen LogP contribution in [0, 0.1) is 5.92 Å². The third-order valence-corrected chi connectivity index (χ3v) is 2.77. The first-order valence-electron chi connectivity index (χ1n) is 5.67. The molecular formula is C13H20O4. The van der Waals surface area contributed by atoms with E-state index in [1.807, 2.05) is 18.2 Å². The van der Waals surface area contributed by atoms with E-state index in [1.165, 1.54) is 0 Å². The second-order valence-corrected chi connectivity index (χ2v) is 3.95. The molecule has 0 saturated carbocycles. The Morgan fingerprint density at radius 2 is 1.82 bits per heavy atom. The number of methoxy groups -OCH3 is 2. The Labute approximate surface area is 102 Å². The summed E-state index contributed by atoms with van der Waals surface area (Å²) >= 11 is 0. The van der Waals surface area contributed by atoms with E-state index in [2.05, 4.69) is 0 Å². The predicted molar refractivity (Wildman–Crippen MR) is 65.5 cm³/mol. The summed E-state index contributed by atoms with van der Waals surface area (Å²) in [6, 6.07) is 5.70. The number of ether oxygens (including phenoxy) is 2. The molecule has 0 heterocycles. The number of rotatable bonds is 7. The molecule has 0 aliphatic heterocycles. The Morgan fingerprint density at radius 3 is 2.35 bits per heavy atom. The van der Waals surface area contributed by atoms with Crippen LogP contribution in [-0.4, -0.2) is 37.6 Å². The van der Waals surface area contributed by atoms with Crippen molar-refractivity contribution in [3.05, 3.63) is 23.8 Å². The van der Waals surface area contributed by atoms with Gasteiger partial charge in [-0.3, -0.25) is 0 Å². The Morgan fingerprint density at radius 1 is 1.12 bits per heavy atom. The Balaban J connectivity index is 2.77. The molecule has 0 spiro atoms. The van der Waals surface area contributed by atoms with Crippen molar-refractivity contribution in [2.24, 2.45) is 5.92 Å². The summed E-state index contributed by atoms with van der Waals surface area (Å²) in [4.78, 5) is 0. The fourth-order valence-corrected chi connectivity index (χ4v) is 1.78. The highest BCUT2D eigenvalue weighted by atomic mass is 16.5. The maximum Gasteiger partial charge on any atom is 0.160 e. The van der Waals surface area contributed by atoms with Crippen LogP contribution in [0.25, 0.3) is 0 Å². The lowest BCUT2D eigenvalue weighted by molar-refractivity contribution is 0.183. The minimum atomic E-state index is 0.0783. The molecule has 0 saturated heterocycles. The zero-order chi connectivity index (χ0) is 12.7. The lowest BCUT2D eigenvalue weighted by Crippen LogP contribution is -2.11. The van der Waals surface area contributed by atoms with Crippen molar-refractivity contribution < 1.29 is 19.7 Å². The average Bonchev–Trinajstić information content (AvgIpc) is 2.38. The highest BCUT2D eigenvalue weighted by molar-refractivity contribution is 5.42. The van der Waals surface area contributed by atoms with Gasteiger partial charge in [0, 0.05) is 13.2 Å². The van der Waals surface area contributed by atoms with E-state index >= 15 is 0 Å². The van der Waals surface area contributed by atoms with Crippen LogP contribution in [0.15, 0.2) is 18.2 Å². The summed E-state index contributed by atoms with van der Waals surface area (Å²) in [5, 5.41) is 18.1. The average molecular weight is 240 g/mol. The molecule has 1 aromatic rings. The fraction of sp³-hybridized carbons (Fsp3) is 0.538. The maximum atomic E-state index is 9.18. The van der Waals surface area contributed by atoms with Gasteiger partial charge in [-0.05, 0) is 36.5 Å². The number of aliphatic hydroxyl groups is 2. The second kappa shape index (κ2) is 7.14. The normalized spacial score (nSPS) is 12.2. The summed E-state index contributed by atoms with van der Waals surface area (Å²) in [7, 11) is 3.19. The van der Waals surface area contributed by atoms with Gasteiger partial charge in [0.25, 0.3) is 0 Å². The van der Waals surface area contributed by atoms with Gasteiger partial charge in [-0.25, -0.2) is 0 Å². The molecule has 96 valence electrons. The molecule has 1 aromatic carbocycles. The molecule has 17 heavy (non-hydrogen) atoms. The number of hydrogen-bond acceptors (Lipinski definition) is 4. The lowest BCUT2D eigenvalue weighted by atomic mass is 9.97. The van der Waals surface area contributed by atoms with Gasteiger partial charge in [-0.15, -0.1) is 0 Å². The molecule has 4 heteroatoms. The van der Waals surface area contributed by atoms with Crippen LogP contribution < -0.4 is 9.47 Å². The molecule has 0 aliphatic rings. The van der Waals surface area contributed by atoms with E-state index in [0.29, 0.717) is 17.9 Å². The largest absolute Gasteiger partial charge is 0.493 e.